The molecule has 12 nitrogen and oxygen atoms in total. The Morgan fingerprint density at radius 1 is 1.38 bits per heavy atom. The molecule has 0 unspecified atom stereocenters. The van der Waals surface area contributed by atoms with Gasteiger partial charge < -0.3 is 41.2 Å². The summed E-state index contributed by atoms with van der Waals surface area (Å²) in [5.74, 6) is -3.19. The summed E-state index contributed by atoms with van der Waals surface area (Å²) in [4.78, 5) is 38.7. The van der Waals surface area contributed by atoms with Crippen molar-refractivity contribution in [3.8, 4) is 0 Å². The van der Waals surface area contributed by atoms with Gasteiger partial charge in [-0.3, -0.25) is 9.59 Å². The molecule has 5 atom stereocenters. The van der Waals surface area contributed by atoms with Crippen molar-refractivity contribution in [3.05, 3.63) is 11.8 Å². The summed E-state index contributed by atoms with van der Waals surface area (Å²) in [5.41, 5.74) is 10.8. The fraction of sp³-hybridized carbons (Fsp3) is 0.647. The molecule has 0 saturated heterocycles. The number of carboxylic acids is 1. The van der Waals surface area contributed by atoms with E-state index in [1.54, 1.807) is 6.92 Å². The lowest BCUT2D eigenvalue weighted by Gasteiger charge is -2.40. The number of nitrogens with one attached hydrogen (secondary N) is 1. The monoisotopic (exact) mass is 416 g/mol. The lowest BCUT2D eigenvalue weighted by Crippen LogP contribution is -2.60. The summed E-state index contributed by atoms with van der Waals surface area (Å²) >= 11 is 0. The zero-order valence-corrected chi connectivity index (χ0v) is 16.5. The van der Waals surface area contributed by atoms with E-state index in [0.29, 0.717) is 6.42 Å². The number of esters is 1. The van der Waals surface area contributed by atoms with Crippen LogP contribution in [-0.4, -0.2) is 78.1 Å². The Morgan fingerprint density at radius 2 is 2.03 bits per heavy atom. The van der Waals surface area contributed by atoms with Crippen LogP contribution in [0.25, 0.3) is 0 Å². The van der Waals surface area contributed by atoms with Gasteiger partial charge in [-0.05, 0) is 12.5 Å². The van der Waals surface area contributed by atoms with E-state index in [-0.39, 0.29) is 12.4 Å². The van der Waals surface area contributed by atoms with Crippen LogP contribution in [-0.2, 0) is 28.6 Å². The molecule has 0 radical (unpaired) electrons. The molecule has 0 bridgehead atoms. The number of hydrogen-bond acceptors (Lipinski definition) is 8. The Morgan fingerprint density at radius 3 is 2.52 bits per heavy atom. The number of amides is 1. The summed E-state index contributed by atoms with van der Waals surface area (Å²) in [7, 11) is 1.25. The first-order chi connectivity index (χ1) is 13.6. The largest absolute Gasteiger partial charge is 0.478 e. The molecule has 0 fully saturated rings. The van der Waals surface area contributed by atoms with Crippen LogP contribution in [0.1, 0.15) is 26.7 Å². The lowest BCUT2D eigenvalue weighted by atomic mass is 9.92. The predicted molar refractivity (Wildman–Crippen MR) is 100 cm³/mol. The van der Waals surface area contributed by atoms with Crippen LogP contribution >= 0.6 is 0 Å². The van der Waals surface area contributed by atoms with Gasteiger partial charge in [0.1, 0.15) is 18.8 Å². The summed E-state index contributed by atoms with van der Waals surface area (Å²) < 4.78 is 15.8. The number of carbonyl (C=O) groups excluding carboxylic acids is 2. The Labute approximate surface area is 167 Å². The van der Waals surface area contributed by atoms with Gasteiger partial charge in [0, 0.05) is 20.5 Å². The number of aliphatic hydroxyl groups excluding tert-OH is 1. The molecule has 1 rings (SSSR count). The van der Waals surface area contributed by atoms with Gasteiger partial charge in [-0.1, -0.05) is 6.92 Å². The van der Waals surface area contributed by atoms with Crippen molar-refractivity contribution >= 4 is 23.8 Å². The van der Waals surface area contributed by atoms with E-state index in [9.17, 15) is 24.6 Å². The zero-order chi connectivity index (χ0) is 22.1. The number of nitrogens with zero attached hydrogens (tertiary/aromatic N) is 1. The van der Waals surface area contributed by atoms with E-state index in [1.165, 1.54) is 14.0 Å². The quantitative estimate of drug-likeness (QED) is 0.154. The first-order valence-electron chi connectivity index (χ1n) is 8.94. The summed E-state index contributed by atoms with van der Waals surface area (Å²) in [5, 5.41) is 22.4. The molecule has 12 heteroatoms. The topological polar surface area (TPSA) is 196 Å². The number of guanidine groups is 1. The maximum atomic E-state index is 11.7. The molecule has 7 N–H and O–H groups in total. The average molecular weight is 416 g/mol. The minimum absolute atomic E-state index is 0.178. The number of rotatable bonds is 10. The fourth-order valence-corrected chi connectivity index (χ4v) is 2.86. The first kappa shape index (κ1) is 24.2. The Hall–Kier alpha value is -2.86. The van der Waals surface area contributed by atoms with Crippen molar-refractivity contribution in [2.24, 2.45) is 16.5 Å². The van der Waals surface area contributed by atoms with Crippen molar-refractivity contribution in [2.45, 2.75) is 57.1 Å². The molecule has 1 amide bonds. The van der Waals surface area contributed by atoms with Crippen LogP contribution in [0.3, 0.4) is 0 Å². The number of carbonyl (C=O) groups is 3. The van der Waals surface area contributed by atoms with E-state index in [1.807, 2.05) is 0 Å². The third-order valence-electron chi connectivity index (χ3n) is 4.03. The SMILES string of the molecule is CCCC(=O)OC[C@@H](O)[C@@H](OC)[C@@H]1OC(C(=O)O)=C[C@H](N=C(N)N)[C@H]1NC(C)=O. The van der Waals surface area contributed by atoms with E-state index in [2.05, 4.69) is 10.3 Å². The Bertz CT molecular complexity index is 662. The second kappa shape index (κ2) is 11.2. The smallest absolute Gasteiger partial charge is 0.370 e. The second-order valence-electron chi connectivity index (χ2n) is 6.39. The second-order valence-corrected chi connectivity index (χ2v) is 6.39. The summed E-state index contributed by atoms with van der Waals surface area (Å²) in [6, 6.07) is -1.97. The van der Waals surface area contributed by atoms with Gasteiger partial charge in [0.05, 0.1) is 12.1 Å². The van der Waals surface area contributed by atoms with Crippen molar-refractivity contribution in [3.63, 3.8) is 0 Å². The van der Waals surface area contributed by atoms with Gasteiger partial charge in [0.2, 0.25) is 11.7 Å². The fourth-order valence-electron chi connectivity index (χ4n) is 2.86. The third kappa shape index (κ3) is 7.23. The molecule has 0 aromatic carbocycles. The number of hydrogen-bond donors (Lipinski definition) is 5. The highest BCUT2D eigenvalue weighted by molar-refractivity contribution is 5.85. The number of aliphatic imine (C=N–C) groups is 1. The maximum absolute atomic E-state index is 11.7. The molecule has 0 aromatic rings. The molecule has 29 heavy (non-hydrogen) atoms. The van der Waals surface area contributed by atoms with Gasteiger partial charge in [-0.2, -0.15) is 0 Å². The Balaban J connectivity index is 3.20. The van der Waals surface area contributed by atoms with Crippen molar-refractivity contribution in [1.82, 2.24) is 5.32 Å². The van der Waals surface area contributed by atoms with E-state index in [0.717, 1.165) is 6.08 Å². The van der Waals surface area contributed by atoms with Crippen LogP contribution in [0, 0.1) is 0 Å². The highest BCUT2D eigenvalue weighted by Gasteiger charge is 2.45. The van der Waals surface area contributed by atoms with E-state index >= 15 is 0 Å². The van der Waals surface area contributed by atoms with E-state index in [4.69, 9.17) is 25.7 Å². The van der Waals surface area contributed by atoms with E-state index < -0.39 is 60.6 Å². The number of aliphatic carboxylic acids is 1. The maximum Gasteiger partial charge on any atom is 0.370 e. The van der Waals surface area contributed by atoms with Gasteiger partial charge in [-0.15, -0.1) is 0 Å². The van der Waals surface area contributed by atoms with Gasteiger partial charge in [0.15, 0.2) is 12.1 Å². The number of methoxy groups -OCH3 is 1. The molecule has 0 aromatic heterocycles. The van der Waals surface area contributed by atoms with Crippen molar-refractivity contribution in [1.29, 1.82) is 0 Å². The van der Waals surface area contributed by atoms with Crippen LogP contribution in [0.4, 0.5) is 0 Å². The van der Waals surface area contributed by atoms with Crippen LogP contribution in [0.15, 0.2) is 16.8 Å². The number of aliphatic hydroxyl groups is 1. The number of nitrogens with two attached hydrogens (primary N) is 2. The molecule has 1 aliphatic heterocycles. The van der Waals surface area contributed by atoms with Crippen LogP contribution < -0.4 is 16.8 Å². The lowest BCUT2D eigenvalue weighted by molar-refractivity contribution is -0.159. The summed E-state index contributed by atoms with van der Waals surface area (Å²) in [6.45, 7) is 2.63. The standard InChI is InChI=1S/C17H28N4O8/c1-4-5-12(24)28-7-10(23)14(27-3)15-13(20-8(2)22)9(21-17(18)19)6-11(29-15)16(25)26/h6,9-10,13-15,23H,4-5,7H2,1-3H3,(H,20,22)(H,25,26)(H4,18,19,21)/t9-,10+,13+,14+,15+/m0/s1. The molecule has 1 heterocycles. The highest BCUT2D eigenvalue weighted by Crippen LogP contribution is 2.26. The van der Waals surface area contributed by atoms with Gasteiger partial charge >= 0.3 is 11.9 Å². The molecule has 0 spiro atoms. The summed E-state index contributed by atoms with van der Waals surface area (Å²) in [6.07, 6.45) is -1.87. The number of carboxylic acid groups (broad SMARTS) is 1. The number of ether oxygens (including phenoxy) is 3. The zero-order valence-electron chi connectivity index (χ0n) is 16.5. The molecule has 1 aliphatic rings. The Kier molecular flexibility index (Phi) is 9.35. The molecular formula is C17H28N4O8. The molecular weight excluding hydrogens is 388 g/mol. The normalized spacial score (nSPS) is 23.0. The minimum atomic E-state index is -1.40. The van der Waals surface area contributed by atoms with Crippen LogP contribution in [0.2, 0.25) is 0 Å². The molecule has 164 valence electrons. The molecule has 0 saturated carbocycles. The third-order valence-corrected chi connectivity index (χ3v) is 4.03. The minimum Gasteiger partial charge on any atom is -0.478 e. The van der Waals surface area contributed by atoms with Gasteiger partial charge in [0.25, 0.3) is 0 Å². The van der Waals surface area contributed by atoms with Crippen molar-refractivity contribution < 1.29 is 38.8 Å². The predicted octanol–water partition coefficient (Wildman–Crippen LogP) is -1.78. The van der Waals surface area contributed by atoms with Crippen LogP contribution in [0.5, 0.6) is 0 Å². The van der Waals surface area contributed by atoms with Gasteiger partial charge in [-0.25, -0.2) is 9.79 Å². The first-order valence-corrected chi connectivity index (χ1v) is 8.94. The van der Waals surface area contributed by atoms with Crippen molar-refractivity contribution in [2.75, 3.05) is 13.7 Å². The average Bonchev–Trinajstić information content (AvgIpc) is 2.62. The highest BCUT2D eigenvalue weighted by atomic mass is 16.6. The molecule has 0 aliphatic carbocycles.